The van der Waals surface area contributed by atoms with Crippen LogP contribution in [0.2, 0.25) is 0 Å². The molecule has 0 bridgehead atoms. The van der Waals surface area contributed by atoms with Crippen LogP contribution in [0.1, 0.15) is 5.56 Å². The minimum absolute atomic E-state index is 0.0262. The topological polar surface area (TPSA) is 112 Å². The second-order valence-electron chi connectivity index (χ2n) is 6.67. The fraction of sp³-hybridized carbons (Fsp3) is 0.0455. The van der Waals surface area contributed by atoms with Crippen molar-refractivity contribution in [1.29, 1.82) is 0 Å². The first-order chi connectivity index (χ1) is 15.2. The summed E-state index contributed by atoms with van der Waals surface area (Å²) in [6.07, 6.45) is 1.35. The van der Waals surface area contributed by atoms with Gasteiger partial charge in [-0.1, -0.05) is 42.5 Å². The van der Waals surface area contributed by atoms with Crippen LogP contribution in [0.15, 0.2) is 71.8 Å². The lowest BCUT2D eigenvalue weighted by Crippen LogP contribution is -2.01. The minimum atomic E-state index is -0.492. The maximum Gasteiger partial charge on any atom is 0.282 e. The first kappa shape index (κ1) is 18.5. The molecule has 2 heterocycles. The number of nitrogens with one attached hydrogen (secondary N) is 1. The van der Waals surface area contributed by atoms with E-state index in [-0.39, 0.29) is 18.0 Å². The number of anilines is 1. The Morgan fingerprint density at radius 2 is 1.65 bits per heavy atom. The van der Waals surface area contributed by atoms with Gasteiger partial charge >= 0.3 is 0 Å². The molecular weight excluding hydrogens is 398 g/mol. The van der Waals surface area contributed by atoms with Crippen LogP contribution in [-0.2, 0) is 0 Å². The van der Waals surface area contributed by atoms with E-state index in [1.165, 1.54) is 18.3 Å². The van der Waals surface area contributed by atoms with E-state index in [1.54, 1.807) is 0 Å². The third kappa shape index (κ3) is 3.60. The molecule has 3 aromatic carbocycles. The molecular formula is C22H15N5O4. The van der Waals surface area contributed by atoms with Crippen molar-refractivity contribution < 1.29 is 14.4 Å². The van der Waals surface area contributed by atoms with Crippen molar-refractivity contribution >= 4 is 28.8 Å². The van der Waals surface area contributed by atoms with Crippen LogP contribution in [0.3, 0.4) is 0 Å². The number of fused-ring (bicyclic) bond motifs is 2. The molecule has 9 nitrogen and oxygen atoms in total. The standard InChI is InChI=1S/C22H15N5O4/c28-27(29)18-11-20-19(30-13-31-20)10-15(18)12-23-26-22-21(14-6-2-1-3-7-14)24-16-8-4-5-9-17(16)25-22/h1-12H,13H2,(H,25,26). The first-order valence-electron chi connectivity index (χ1n) is 9.38. The van der Waals surface area contributed by atoms with E-state index in [1.807, 2.05) is 54.6 Å². The largest absolute Gasteiger partial charge is 0.454 e. The van der Waals surface area contributed by atoms with Gasteiger partial charge in [-0.2, -0.15) is 5.10 Å². The van der Waals surface area contributed by atoms with Crippen LogP contribution in [0.4, 0.5) is 11.5 Å². The second kappa shape index (κ2) is 7.71. The van der Waals surface area contributed by atoms with E-state index in [0.717, 1.165) is 11.1 Å². The van der Waals surface area contributed by atoms with E-state index in [9.17, 15) is 10.1 Å². The molecule has 1 aliphatic heterocycles. The molecule has 4 aromatic rings. The van der Waals surface area contributed by atoms with E-state index >= 15 is 0 Å². The molecule has 5 rings (SSSR count). The molecule has 0 amide bonds. The van der Waals surface area contributed by atoms with E-state index < -0.39 is 4.92 Å². The summed E-state index contributed by atoms with van der Waals surface area (Å²) >= 11 is 0. The molecule has 0 spiro atoms. The van der Waals surface area contributed by atoms with Crippen LogP contribution in [0.5, 0.6) is 11.5 Å². The van der Waals surface area contributed by atoms with Crippen molar-refractivity contribution in [1.82, 2.24) is 9.97 Å². The van der Waals surface area contributed by atoms with Gasteiger partial charge in [-0.25, -0.2) is 9.97 Å². The number of hydrazone groups is 1. The summed E-state index contributed by atoms with van der Waals surface area (Å²) in [5.74, 6) is 1.20. The fourth-order valence-electron chi connectivity index (χ4n) is 3.25. The number of para-hydroxylation sites is 2. The Kier molecular flexibility index (Phi) is 4.60. The Bertz CT molecular complexity index is 1320. The Balaban J connectivity index is 1.53. The molecule has 0 saturated carbocycles. The number of aromatic nitrogens is 2. The summed E-state index contributed by atoms with van der Waals surface area (Å²) in [7, 11) is 0. The third-order valence-electron chi connectivity index (χ3n) is 4.71. The Labute approximate surface area is 176 Å². The lowest BCUT2D eigenvalue weighted by atomic mass is 10.1. The number of nitrogens with zero attached hydrogens (tertiary/aromatic N) is 4. The number of ether oxygens (including phenoxy) is 2. The van der Waals surface area contributed by atoms with Crippen molar-refractivity contribution in [3.05, 3.63) is 82.4 Å². The molecule has 0 radical (unpaired) electrons. The molecule has 0 fully saturated rings. The summed E-state index contributed by atoms with van der Waals surface area (Å²) in [4.78, 5) is 20.3. The van der Waals surface area contributed by atoms with Gasteiger partial charge in [-0.3, -0.25) is 15.5 Å². The number of rotatable bonds is 5. The third-order valence-corrected chi connectivity index (χ3v) is 4.71. The number of benzene rings is 3. The van der Waals surface area contributed by atoms with Gasteiger partial charge in [-0.15, -0.1) is 0 Å². The Morgan fingerprint density at radius 1 is 0.968 bits per heavy atom. The van der Waals surface area contributed by atoms with Crippen LogP contribution < -0.4 is 14.9 Å². The van der Waals surface area contributed by atoms with E-state index in [4.69, 9.17) is 14.5 Å². The molecule has 1 aliphatic rings. The van der Waals surface area contributed by atoms with Gasteiger partial charge in [0, 0.05) is 5.56 Å². The number of hydrogen-bond acceptors (Lipinski definition) is 8. The summed E-state index contributed by atoms with van der Waals surface area (Å²) in [5, 5.41) is 15.6. The minimum Gasteiger partial charge on any atom is -0.454 e. The lowest BCUT2D eigenvalue weighted by molar-refractivity contribution is -0.385. The summed E-state index contributed by atoms with van der Waals surface area (Å²) in [6, 6.07) is 20.0. The van der Waals surface area contributed by atoms with Gasteiger partial charge in [0.1, 0.15) is 5.69 Å². The molecule has 0 saturated heterocycles. The van der Waals surface area contributed by atoms with Crippen molar-refractivity contribution in [2.45, 2.75) is 0 Å². The zero-order valence-electron chi connectivity index (χ0n) is 16.1. The lowest BCUT2D eigenvalue weighted by Gasteiger charge is -2.09. The summed E-state index contributed by atoms with van der Waals surface area (Å²) < 4.78 is 10.5. The van der Waals surface area contributed by atoms with Crippen LogP contribution in [0.25, 0.3) is 22.3 Å². The van der Waals surface area contributed by atoms with Gasteiger partial charge in [0.05, 0.1) is 33.8 Å². The zero-order valence-corrected chi connectivity index (χ0v) is 16.1. The molecule has 0 aliphatic carbocycles. The average molecular weight is 413 g/mol. The maximum absolute atomic E-state index is 11.4. The van der Waals surface area contributed by atoms with Gasteiger partial charge in [-0.05, 0) is 18.2 Å². The predicted molar refractivity (Wildman–Crippen MR) is 115 cm³/mol. The number of nitro groups is 1. The first-order valence-corrected chi connectivity index (χ1v) is 9.38. The molecule has 1 aromatic heterocycles. The second-order valence-corrected chi connectivity index (χ2v) is 6.67. The molecule has 0 unspecified atom stereocenters. The van der Waals surface area contributed by atoms with E-state index in [2.05, 4.69) is 15.5 Å². The molecule has 9 heteroatoms. The highest BCUT2D eigenvalue weighted by Crippen LogP contribution is 2.37. The van der Waals surface area contributed by atoms with Gasteiger partial charge in [0.15, 0.2) is 17.3 Å². The fourth-order valence-corrected chi connectivity index (χ4v) is 3.25. The summed E-state index contributed by atoms with van der Waals surface area (Å²) in [6.45, 7) is 0.0262. The quantitative estimate of drug-likeness (QED) is 0.293. The predicted octanol–water partition coefficient (Wildman–Crippen LogP) is 4.38. The highest BCUT2D eigenvalue weighted by molar-refractivity contribution is 5.88. The molecule has 31 heavy (non-hydrogen) atoms. The van der Waals surface area contributed by atoms with Crippen LogP contribution in [-0.4, -0.2) is 27.9 Å². The summed E-state index contributed by atoms with van der Waals surface area (Å²) in [5.41, 5.74) is 5.97. The highest BCUT2D eigenvalue weighted by Gasteiger charge is 2.22. The molecule has 152 valence electrons. The number of nitro benzene ring substituents is 1. The van der Waals surface area contributed by atoms with Crippen molar-refractivity contribution in [3.8, 4) is 22.8 Å². The van der Waals surface area contributed by atoms with Crippen molar-refractivity contribution in [3.63, 3.8) is 0 Å². The Morgan fingerprint density at radius 3 is 2.39 bits per heavy atom. The van der Waals surface area contributed by atoms with Crippen LogP contribution in [0, 0.1) is 10.1 Å². The average Bonchev–Trinajstić information content (AvgIpc) is 3.26. The van der Waals surface area contributed by atoms with Crippen LogP contribution >= 0.6 is 0 Å². The van der Waals surface area contributed by atoms with E-state index in [0.29, 0.717) is 28.5 Å². The molecule has 0 atom stereocenters. The maximum atomic E-state index is 11.4. The van der Waals surface area contributed by atoms with Gasteiger partial charge < -0.3 is 9.47 Å². The smallest absolute Gasteiger partial charge is 0.282 e. The van der Waals surface area contributed by atoms with Crippen molar-refractivity contribution in [2.75, 3.05) is 12.2 Å². The zero-order chi connectivity index (χ0) is 21.2. The normalized spacial score (nSPS) is 12.4. The SMILES string of the molecule is O=[N+]([O-])c1cc2c(cc1C=NNc1nc3ccccc3nc1-c1ccccc1)OCO2. The van der Waals surface area contributed by atoms with Gasteiger partial charge in [0.2, 0.25) is 6.79 Å². The van der Waals surface area contributed by atoms with Crippen molar-refractivity contribution in [2.24, 2.45) is 5.10 Å². The Hall–Kier alpha value is -4.53. The monoisotopic (exact) mass is 413 g/mol. The highest BCUT2D eigenvalue weighted by atomic mass is 16.7. The molecule has 1 N–H and O–H groups in total. The number of hydrogen-bond donors (Lipinski definition) is 1. The van der Waals surface area contributed by atoms with Gasteiger partial charge in [0.25, 0.3) is 5.69 Å².